The van der Waals surface area contributed by atoms with Gasteiger partial charge < -0.3 is 10.2 Å². The van der Waals surface area contributed by atoms with Gasteiger partial charge >= 0.3 is 0 Å². The number of unbranched alkanes of at least 4 members (excludes halogenated alkanes) is 2. The Balaban J connectivity index is 1.91. The molecule has 1 N–H and O–H groups in total. The van der Waals surface area contributed by atoms with Crippen LogP contribution in [-0.4, -0.2) is 36.6 Å². The summed E-state index contributed by atoms with van der Waals surface area (Å²) in [5.74, 6) is 0.960. The van der Waals surface area contributed by atoms with E-state index < -0.39 is 0 Å². The van der Waals surface area contributed by atoms with E-state index in [9.17, 15) is 0 Å². The molecule has 17 heavy (non-hydrogen) atoms. The van der Waals surface area contributed by atoms with E-state index in [1.807, 2.05) is 0 Å². The van der Waals surface area contributed by atoms with Crippen LogP contribution in [0.5, 0.6) is 0 Å². The van der Waals surface area contributed by atoms with Gasteiger partial charge in [0, 0.05) is 5.54 Å². The van der Waals surface area contributed by atoms with E-state index in [4.69, 9.17) is 0 Å². The van der Waals surface area contributed by atoms with Crippen molar-refractivity contribution in [3.63, 3.8) is 0 Å². The summed E-state index contributed by atoms with van der Waals surface area (Å²) in [7, 11) is 0. The Kier molecular flexibility index (Phi) is 6.50. The fourth-order valence-electron chi connectivity index (χ4n) is 2.39. The summed E-state index contributed by atoms with van der Waals surface area (Å²) in [5, 5.41) is 3.55. The molecular weight excluding hydrogens is 208 g/mol. The Morgan fingerprint density at radius 3 is 2.29 bits per heavy atom. The van der Waals surface area contributed by atoms with Crippen molar-refractivity contribution in [3.05, 3.63) is 0 Å². The van der Waals surface area contributed by atoms with Crippen LogP contribution in [0.3, 0.4) is 0 Å². The third-order valence-corrected chi connectivity index (χ3v) is 3.68. The maximum absolute atomic E-state index is 3.55. The molecule has 0 unspecified atom stereocenters. The second kappa shape index (κ2) is 7.38. The van der Waals surface area contributed by atoms with Gasteiger partial charge in [-0.3, -0.25) is 0 Å². The molecule has 0 aromatic rings. The Labute approximate surface area is 108 Å². The smallest absolute Gasteiger partial charge is 0.00965 e. The molecule has 0 atom stereocenters. The molecule has 1 fully saturated rings. The van der Waals surface area contributed by atoms with E-state index in [1.54, 1.807) is 0 Å². The topological polar surface area (TPSA) is 15.3 Å². The van der Waals surface area contributed by atoms with Gasteiger partial charge in [0.1, 0.15) is 0 Å². The first kappa shape index (κ1) is 15.0. The zero-order valence-electron chi connectivity index (χ0n) is 12.4. The van der Waals surface area contributed by atoms with Crippen LogP contribution < -0.4 is 5.32 Å². The van der Waals surface area contributed by atoms with Crippen molar-refractivity contribution in [2.24, 2.45) is 5.92 Å². The zero-order valence-corrected chi connectivity index (χ0v) is 12.4. The quantitative estimate of drug-likeness (QED) is 0.717. The van der Waals surface area contributed by atoms with Gasteiger partial charge in [-0.05, 0) is 78.6 Å². The molecule has 2 heteroatoms. The highest BCUT2D eigenvalue weighted by Crippen LogP contribution is 2.16. The highest BCUT2D eigenvalue weighted by atomic mass is 15.1. The second-order valence-electron chi connectivity index (χ2n) is 6.76. The molecule has 0 aromatic heterocycles. The molecule has 0 aliphatic carbocycles. The molecule has 102 valence electrons. The summed E-state index contributed by atoms with van der Waals surface area (Å²) in [5.41, 5.74) is 0.281. The van der Waals surface area contributed by atoms with Crippen molar-refractivity contribution in [2.45, 2.75) is 65.3 Å². The van der Waals surface area contributed by atoms with Crippen LogP contribution in [0, 0.1) is 5.92 Å². The van der Waals surface area contributed by atoms with Crippen LogP contribution in [0.1, 0.15) is 59.8 Å². The van der Waals surface area contributed by atoms with Crippen molar-refractivity contribution in [1.29, 1.82) is 0 Å². The molecular formula is C15H32N2. The van der Waals surface area contributed by atoms with E-state index in [1.165, 1.54) is 58.3 Å². The third-order valence-electron chi connectivity index (χ3n) is 3.68. The van der Waals surface area contributed by atoms with Crippen molar-refractivity contribution in [3.8, 4) is 0 Å². The highest BCUT2D eigenvalue weighted by molar-refractivity contribution is 4.71. The minimum atomic E-state index is 0.281. The van der Waals surface area contributed by atoms with Crippen LogP contribution in [0.4, 0.5) is 0 Å². The van der Waals surface area contributed by atoms with E-state index >= 15 is 0 Å². The summed E-state index contributed by atoms with van der Waals surface area (Å²) in [4.78, 5) is 2.65. The molecule has 1 aliphatic heterocycles. The highest BCUT2D eigenvalue weighted by Gasteiger charge is 2.14. The minimum Gasteiger partial charge on any atom is -0.312 e. The Morgan fingerprint density at radius 2 is 1.71 bits per heavy atom. The first-order valence-corrected chi connectivity index (χ1v) is 7.45. The van der Waals surface area contributed by atoms with Gasteiger partial charge in [-0.25, -0.2) is 0 Å². The van der Waals surface area contributed by atoms with Crippen LogP contribution in [0.15, 0.2) is 0 Å². The van der Waals surface area contributed by atoms with Crippen LogP contribution in [0.2, 0.25) is 0 Å². The number of hydrogen-bond donors (Lipinski definition) is 1. The fourth-order valence-corrected chi connectivity index (χ4v) is 2.39. The Hall–Kier alpha value is -0.0800. The van der Waals surface area contributed by atoms with E-state index in [0.717, 1.165) is 5.92 Å². The van der Waals surface area contributed by atoms with E-state index in [2.05, 4.69) is 37.9 Å². The molecule has 0 spiro atoms. The van der Waals surface area contributed by atoms with Crippen LogP contribution >= 0.6 is 0 Å². The average Bonchev–Trinajstić information content (AvgIpc) is 2.24. The largest absolute Gasteiger partial charge is 0.312 e. The number of hydrogen-bond acceptors (Lipinski definition) is 2. The van der Waals surface area contributed by atoms with Gasteiger partial charge in [0.25, 0.3) is 0 Å². The van der Waals surface area contributed by atoms with Gasteiger partial charge in [0.2, 0.25) is 0 Å². The summed E-state index contributed by atoms with van der Waals surface area (Å²) in [6.07, 6.45) is 6.88. The molecule has 0 saturated carbocycles. The standard InChI is InChI=1S/C15H32N2/c1-14-8-12-17(13-9-14)11-7-5-6-10-16-15(2,3)4/h14,16H,5-13H2,1-4H3. The minimum absolute atomic E-state index is 0.281. The van der Waals surface area contributed by atoms with Crippen molar-refractivity contribution in [2.75, 3.05) is 26.2 Å². The molecule has 0 amide bonds. The van der Waals surface area contributed by atoms with Gasteiger partial charge in [0.05, 0.1) is 0 Å². The molecule has 1 saturated heterocycles. The lowest BCUT2D eigenvalue weighted by Crippen LogP contribution is -2.36. The van der Waals surface area contributed by atoms with Crippen molar-refractivity contribution < 1.29 is 0 Å². The molecule has 0 radical (unpaired) electrons. The predicted octanol–water partition coefficient (Wildman–Crippen LogP) is 3.28. The van der Waals surface area contributed by atoms with Crippen molar-refractivity contribution in [1.82, 2.24) is 10.2 Å². The number of rotatable bonds is 6. The number of piperidine rings is 1. The lowest BCUT2D eigenvalue weighted by Gasteiger charge is -2.30. The molecule has 1 aliphatic rings. The monoisotopic (exact) mass is 240 g/mol. The number of likely N-dealkylation sites (tertiary alicyclic amines) is 1. The molecule has 1 rings (SSSR count). The Morgan fingerprint density at radius 1 is 1.06 bits per heavy atom. The molecule has 1 heterocycles. The summed E-state index contributed by atoms with van der Waals surface area (Å²) in [6, 6.07) is 0. The van der Waals surface area contributed by atoms with Crippen LogP contribution in [0.25, 0.3) is 0 Å². The maximum atomic E-state index is 3.55. The van der Waals surface area contributed by atoms with Gasteiger partial charge in [-0.15, -0.1) is 0 Å². The van der Waals surface area contributed by atoms with Gasteiger partial charge in [0.15, 0.2) is 0 Å². The van der Waals surface area contributed by atoms with Gasteiger partial charge in [-0.2, -0.15) is 0 Å². The van der Waals surface area contributed by atoms with Gasteiger partial charge in [-0.1, -0.05) is 13.3 Å². The summed E-state index contributed by atoms with van der Waals surface area (Å²) >= 11 is 0. The normalized spacial score (nSPS) is 19.8. The zero-order chi connectivity index (χ0) is 12.7. The molecule has 0 bridgehead atoms. The Bertz CT molecular complexity index is 188. The first-order chi connectivity index (χ1) is 7.97. The third kappa shape index (κ3) is 7.77. The number of nitrogens with one attached hydrogen (secondary N) is 1. The first-order valence-electron chi connectivity index (χ1n) is 7.45. The molecule has 0 aromatic carbocycles. The number of nitrogens with zero attached hydrogens (tertiary/aromatic N) is 1. The molecule has 2 nitrogen and oxygen atoms in total. The SMILES string of the molecule is CC1CCN(CCCCCNC(C)(C)C)CC1. The summed E-state index contributed by atoms with van der Waals surface area (Å²) < 4.78 is 0. The predicted molar refractivity (Wildman–Crippen MR) is 76.4 cm³/mol. The lowest BCUT2D eigenvalue weighted by molar-refractivity contribution is 0.189. The fraction of sp³-hybridized carbons (Fsp3) is 1.00. The van der Waals surface area contributed by atoms with E-state index in [-0.39, 0.29) is 5.54 Å². The van der Waals surface area contributed by atoms with Crippen molar-refractivity contribution >= 4 is 0 Å². The lowest BCUT2D eigenvalue weighted by atomic mass is 9.99. The maximum Gasteiger partial charge on any atom is 0.00965 e. The second-order valence-corrected chi connectivity index (χ2v) is 6.76. The van der Waals surface area contributed by atoms with Crippen LogP contribution in [-0.2, 0) is 0 Å². The van der Waals surface area contributed by atoms with E-state index in [0.29, 0.717) is 0 Å². The average molecular weight is 240 g/mol. The summed E-state index contributed by atoms with van der Waals surface area (Å²) in [6.45, 7) is 14.3.